The lowest BCUT2D eigenvalue weighted by Crippen LogP contribution is -2.37. The first-order valence-electron chi connectivity index (χ1n) is 6.52. The van der Waals surface area contributed by atoms with Crippen LogP contribution in [0.15, 0.2) is 23.1 Å². The number of anilines is 1. The molecule has 0 aliphatic carbocycles. The van der Waals surface area contributed by atoms with Crippen molar-refractivity contribution in [2.45, 2.75) is 17.7 Å². The second-order valence-corrected chi connectivity index (χ2v) is 8.49. The van der Waals surface area contributed by atoms with E-state index in [-0.39, 0.29) is 11.4 Å². The number of nitrogens with one attached hydrogen (secondary N) is 1. The van der Waals surface area contributed by atoms with Crippen LogP contribution in [-0.4, -0.2) is 42.7 Å². The second-order valence-electron chi connectivity index (χ2n) is 5.09. The van der Waals surface area contributed by atoms with Crippen molar-refractivity contribution in [2.24, 2.45) is 5.14 Å². The maximum Gasteiger partial charge on any atom is 0.238 e. The monoisotopic (exact) mass is 333 g/mol. The Morgan fingerprint density at radius 3 is 2.62 bits per heavy atom. The van der Waals surface area contributed by atoms with Crippen LogP contribution in [-0.2, 0) is 26.5 Å². The zero-order valence-corrected chi connectivity index (χ0v) is 13.4. The largest absolute Gasteiger partial charge is 0.370 e. The molecule has 1 aromatic rings. The summed E-state index contributed by atoms with van der Waals surface area (Å²) < 4.78 is 47.5. The zero-order valence-electron chi connectivity index (χ0n) is 11.7. The minimum atomic E-state index is -3.74. The molecule has 21 heavy (non-hydrogen) atoms. The normalized spacial score (nSPS) is 15.8. The van der Waals surface area contributed by atoms with Gasteiger partial charge in [-0.1, -0.05) is 6.07 Å². The highest BCUT2D eigenvalue weighted by Crippen LogP contribution is 2.29. The van der Waals surface area contributed by atoms with Crippen LogP contribution in [0, 0.1) is 0 Å². The lowest BCUT2D eigenvalue weighted by atomic mass is 10.0. The van der Waals surface area contributed by atoms with Gasteiger partial charge < -0.3 is 4.90 Å². The number of primary sulfonamides is 1. The Balaban J connectivity index is 2.21. The van der Waals surface area contributed by atoms with E-state index in [9.17, 15) is 16.8 Å². The van der Waals surface area contributed by atoms with E-state index in [1.54, 1.807) is 12.1 Å². The third-order valence-corrected chi connectivity index (χ3v) is 4.99. The molecule has 0 radical (unpaired) electrons. The molecule has 0 fully saturated rings. The standard InChI is InChI=1S/C12H19N3O4S2/c1-20(16,17)14-6-8-15-7-2-3-10-4-5-11(9-12(10)15)21(13,18)19/h4-5,9,14H,2-3,6-8H2,1H3,(H2,13,18,19). The third kappa shape index (κ3) is 4.40. The summed E-state index contributed by atoms with van der Waals surface area (Å²) in [5, 5.41) is 5.15. The molecule has 0 aromatic heterocycles. The number of hydrogen-bond acceptors (Lipinski definition) is 5. The van der Waals surface area contributed by atoms with Gasteiger partial charge in [-0.25, -0.2) is 26.7 Å². The summed E-state index contributed by atoms with van der Waals surface area (Å²) in [6, 6.07) is 4.84. The molecule has 0 saturated heterocycles. The van der Waals surface area contributed by atoms with Crippen LogP contribution in [0.1, 0.15) is 12.0 Å². The van der Waals surface area contributed by atoms with Crippen LogP contribution in [0.3, 0.4) is 0 Å². The second kappa shape index (κ2) is 5.91. The fraction of sp³-hybridized carbons (Fsp3) is 0.500. The quantitative estimate of drug-likeness (QED) is 0.764. The van der Waals surface area contributed by atoms with E-state index in [4.69, 9.17) is 5.14 Å². The molecule has 1 aliphatic rings. The van der Waals surface area contributed by atoms with Gasteiger partial charge in [-0.3, -0.25) is 0 Å². The average Bonchev–Trinajstić information content (AvgIpc) is 2.36. The Morgan fingerprint density at radius 1 is 1.29 bits per heavy atom. The lowest BCUT2D eigenvalue weighted by Gasteiger charge is -2.31. The van der Waals surface area contributed by atoms with Crippen LogP contribution >= 0.6 is 0 Å². The molecule has 118 valence electrons. The summed E-state index contributed by atoms with van der Waals surface area (Å²) in [6.45, 7) is 1.51. The number of hydrogen-bond donors (Lipinski definition) is 2. The fourth-order valence-corrected chi connectivity index (χ4v) is 3.40. The van der Waals surface area contributed by atoms with E-state index in [0.29, 0.717) is 6.54 Å². The molecule has 0 amide bonds. The third-order valence-electron chi connectivity index (χ3n) is 3.35. The highest BCUT2D eigenvalue weighted by Gasteiger charge is 2.19. The van der Waals surface area contributed by atoms with Crippen molar-refractivity contribution in [3.63, 3.8) is 0 Å². The zero-order chi connectivity index (χ0) is 15.7. The molecule has 1 aliphatic heterocycles. The molecule has 0 unspecified atom stereocenters. The predicted octanol–water partition coefficient (Wildman–Crippen LogP) is -0.364. The van der Waals surface area contributed by atoms with E-state index >= 15 is 0 Å². The minimum Gasteiger partial charge on any atom is -0.370 e. The number of benzene rings is 1. The van der Waals surface area contributed by atoms with Gasteiger partial charge in [-0.05, 0) is 30.5 Å². The number of fused-ring (bicyclic) bond motifs is 1. The Morgan fingerprint density at radius 2 is 2.00 bits per heavy atom. The number of nitrogens with zero attached hydrogens (tertiary/aromatic N) is 1. The van der Waals surface area contributed by atoms with Crippen LogP contribution in [0.4, 0.5) is 5.69 Å². The van der Waals surface area contributed by atoms with E-state index in [1.165, 1.54) is 6.07 Å². The van der Waals surface area contributed by atoms with Gasteiger partial charge in [0.25, 0.3) is 0 Å². The highest BCUT2D eigenvalue weighted by atomic mass is 32.2. The molecular formula is C12H19N3O4S2. The summed E-state index contributed by atoms with van der Waals surface area (Å²) >= 11 is 0. The average molecular weight is 333 g/mol. The van der Waals surface area contributed by atoms with Gasteiger partial charge in [0.2, 0.25) is 20.0 Å². The maximum absolute atomic E-state index is 11.4. The molecule has 1 aromatic carbocycles. The highest BCUT2D eigenvalue weighted by molar-refractivity contribution is 7.89. The first kappa shape index (κ1) is 16.2. The van der Waals surface area contributed by atoms with Gasteiger partial charge in [-0.15, -0.1) is 0 Å². The Labute approximate surface area is 125 Å². The molecule has 2 rings (SSSR count). The molecule has 0 atom stereocenters. The van der Waals surface area contributed by atoms with Gasteiger partial charge in [0, 0.05) is 25.3 Å². The van der Waals surface area contributed by atoms with Crippen molar-refractivity contribution in [1.29, 1.82) is 0 Å². The molecular weight excluding hydrogens is 314 g/mol. The van der Waals surface area contributed by atoms with Gasteiger partial charge >= 0.3 is 0 Å². The van der Waals surface area contributed by atoms with Crippen molar-refractivity contribution >= 4 is 25.7 Å². The van der Waals surface area contributed by atoms with Gasteiger partial charge in [0.1, 0.15) is 0 Å². The van der Waals surface area contributed by atoms with E-state index in [2.05, 4.69) is 4.72 Å². The van der Waals surface area contributed by atoms with Gasteiger partial charge in [0.15, 0.2) is 0 Å². The van der Waals surface area contributed by atoms with Crippen molar-refractivity contribution in [2.75, 3.05) is 30.8 Å². The van der Waals surface area contributed by atoms with Crippen molar-refractivity contribution in [1.82, 2.24) is 4.72 Å². The van der Waals surface area contributed by atoms with E-state index < -0.39 is 20.0 Å². The molecule has 7 nitrogen and oxygen atoms in total. The molecule has 3 N–H and O–H groups in total. The summed E-state index contributed by atoms with van der Waals surface area (Å²) in [6.07, 6.45) is 2.92. The summed E-state index contributed by atoms with van der Waals surface area (Å²) in [7, 11) is -6.97. The Hall–Kier alpha value is -1.16. The van der Waals surface area contributed by atoms with E-state index in [0.717, 1.165) is 36.9 Å². The number of rotatable bonds is 5. The minimum absolute atomic E-state index is 0.0734. The summed E-state index contributed by atoms with van der Waals surface area (Å²) in [5.41, 5.74) is 1.86. The van der Waals surface area contributed by atoms with Crippen LogP contribution in [0.5, 0.6) is 0 Å². The summed E-state index contributed by atoms with van der Waals surface area (Å²) in [4.78, 5) is 2.05. The molecule has 0 spiro atoms. The lowest BCUT2D eigenvalue weighted by molar-refractivity contribution is 0.585. The number of nitrogens with two attached hydrogens (primary N) is 1. The van der Waals surface area contributed by atoms with E-state index in [1.807, 2.05) is 4.90 Å². The van der Waals surface area contributed by atoms with Crippen molar-refractivity contribution in [3.8, 4) is 0 Å². The van der Waals surface area contributed by atoms with Gasteiger partial charge in [-0.2, -0.15) is 0 Å². The number of sulfonamides is 2. The Kier molecular flexibility index (Phi) is 4.57. The first-order valence-corrected chi connectivity index (χ1v) is 9.96. The fourth-order valence-electron chi connectivity index (χ4n) is 2.41. The predicted molar refractivity (Wildman–Crippen MR) is 81.2 cm³/mol. The molecule has 1 heterocycles. The summed E-state index contributed by atoms with van der Waals surface area (Å²) in [5.74, 6) is 0. The molecule has 0 saturated carbocycles. The molecule has 9 heteroatoms. The van der Waals surface area contributed by atoms with Gasteiger partial charge in [0.05, 0.1) is 11.2 Å². The molecule has 0 bridgehead atoms. The SMILES string of the molecule is CS(=O)(=O)NCCN1CCCc2ccc(S(N)(=O)=O)cc21. The topological polar surface area (TPSA) is 110 Å². The Bertz CT molecular complexity index is 729. The van der Waals surface area contributed by atoms with Crippen LogP contribution in [0.25, 0.3) is 0 Å². The van der Waals surface area contributed by atoms with Crippen LogP contribution in [0.2, 0.25) is 0 Å². The maximum atomic E-state index is 11.4. The smallest absolute Gasteiger partial charge is 0.238 e. The van der Waals surface area contributed by atoms with Crippen molar-refractivity contribution < 1.29 is 16.8 Å². The number of aryl methyl sites for hydroxylation is 1. The first-order chi connectivity index (χ1) is 9.67. The van der Waals surface area contributed by atoms with Crippen molar-refractivity contribution in [3.05, 3.63) is 23.8 Å². The van der Waals surface area contributed by atoms with Crippen LogP contribution < -0.4 is 14.8 Å².